The lowest BCUT2D eigenvalue weighted by Gasteiger charge is -2.23. The van der Waals surface area contributed by atoms with Crippen molar-refractivity contribution in [2.45, 2.75) is 45.2 Å². The van der Waals surface area contributed by atoms with Crippen molar-refractivity contribution in [3.63, 3.8) is 0 Å². The molecule has 1 heterocycles. The van der Waals surface area contributed by atoms with Crippen molar-refractivity contribution in [3.05, 3.63) is 34.4 Å². The molecule has 116 valence electrons. The van der Waals surface area contributed by atoms with Crippen LogP contribution in [0.1, 0.15) is 31.4 Å². The number of fused-ring (bicyclic) bond motifs is 1. The van der Waals surface area contributed by atoms with Crippen LogP contribution < -0.4 is 0 Å². The molecule has 4 heteroatoms. The van der Waals surface area contributed by atoms with Crippen LogP contribution >= 0.6 is 15.9 Å². The molecule has 2 fully saturated rings. The molecule has 2 aliphatic carbocycles. The van der Waals surface area contributed by atoms with Crippen molar-refractivity contribution in [1.82, 2.24) is 9.47 Å². The maximum absolute atomic E-state index is 12.9. The summed E-state index contributed by atoms with van der Waals surface area (Å²) in [4.78, 5) is 15.0. The lowest BCUT2D eigenvalue weighted by atomic mass is 10.2. The molecule has 1 aromatic heterocycles. The van der Waals surface area contributed by atoms with E-state index in [1.807, 2.05) is 12.1 Å². The van der Waals surface area contributed by atoms with Crippen LogP contribution in [0.25, 0.3) is 10.9 Å². The highest BCUT2D eigenvalue weighted by Crippen LogP contribution is 2.36. The zero-order chi connectivity index (χ0) is 15.3. The average Bonchev–Trinajstić information content (AvgIpc) is 3.42. The van der Waals surface area contributed by atoms with Gasteiger partial charge >= 0.3 is 0 Å². The molecule has 0 saturated heterocycles. The minimum atomic E-state index is 0.283. The fourth-order valence-corrected chi connectivity index (χ4v) is 3.79. The van der Waals surface area contributed by atoms with Crippen molar-refractivity contribution < 1.29 is 4.79 Å². The topological polar surface area (TPSA) is 25.2 Å². The fourth-order valence-electron chi connectivity index (χ4n) is 3.24. The summed E-state index contributed by atoms with van der Waals surface area (Å²) in [5, 5.41) is 1.19. The summed E-state index contributed by atoms with van der Waals surface area (Å²) in [6.07, 6.45) is 4.97. The van der Waals surface area contributed by atoms with Crippen LogP contribution in [0.4, 0.5) is 0 Å². The Balaban J connectivity index is 1.62. The Kier molecular flexibility index (Phi) is 3.52. The summed E-state index contributed by atoms with van der Waals surface area (Å²) < 4.78 is 3.26. The third-order valence-electron chi connectivity index (χ3n) is 4.91. The van der Waals surface area contributed by atoms with Crippen LogP contribution in [0, 0.1) is 12.8 Å². The number of aromatic nitrogens is 1. The first-order valence-corrected chi connectivity index (χ1v) is 8.97. The summed E-state index contributed by atoms with van der Waals surface area (Å²) in [5.74, 6) is 1.05. The van der Waals surface area contributed by atoms with E-state index in [2.05, 4.69) is 44.5 Å². The predicted octanol–water partition coefficient (Wildman–Crippen LogP) is 4.11. The zero-order valence-corrected chi connectivity index (χ0v) is 14.5. The predicted molar refractivity (Wildman–Crippen MR) is 91.8 cm³/mol. The van der Waals surface area contributed by atoms with Gasteiger partial charge in [0.05, 0.1) is 0 Å². The monoisotopic (exact) mass is 360 g/mol. The number of halogens is 1. The molecule has 0 radical (unpaired) electrons. The SMILES string of the molecule is Cc1c(Br)c2ccccc2n1CC(=O)N(CC1CC1)C1CC1. The van der Waals surface area contributed by atoms with Crippen molar-refractivity contribution in [2.24, 2.45) is 5.92 Å². The summed E-state index contributed by atoms with van der Waals surface area (Å²) >= 11 is 3.67. The van der Waals surface area contributed by atoms with Crippen LogP contribution in [0.2, 0.25) is 0 Å². The van der Waals surface area contributed by atoms with Gasteiger partial charge in [-0.3, -0.25) is 4.79 Å². The number of amides is 1. The Labute approximate surface area is 139 Å². The first-order valence-electron chi connectivity index (χ1n) is 8.18. The van der Waals surface area contributed by atoms with E-state index < -0.39 is 0 Å². The Hall–Kier alpha value is -1.29. The van der Waals surface area contributed by atoms with Crippen molar-refractivity contribution >= 4 is 32.7 Å². The van der Waals surface area contributed by atoms with E-state index in [-0.39, 0.29) is 5.91 Å². The van der Waals surface area contributed by atoms with Gasteiger partial charge in [-0.15, -0.1) is 0 Å². The number of carbonyl (C=O) groups is 1. The summed E-state index contributed by atoms with van der Waals surface area (Å²) in [5.41, 5.74) is 2.28. The van der Waals surface area contributed by atoms with Gasteiger partial charge in [0.1, 0.15) is 6.54 Å². The Bertz CT molecular complexity index is 728. The molecule has 0 bridgehead atoms. The molecule has 0 spiro atoms. The second-order valence-electron chi connectivity index (χ2n) is 6.72. The van der Waals surface area contributed by atoms with Gasteiger partial charge in [-0.25, -0.2) is 0 Å². The van der Waals surface area contributed by atoms with Gasteiger partial charge in [-0.2, -0.15) is 0 Å². The molecule has 2 aliphatic rings. The van der Waals surface area contributed by atoms with Crippen LogP contribution in [0.3, 0.4) is 0 Å². The molecule has 4 rings (SSSR count). The van der Waals surface area contributed by atoms with Gasteiger partial charge in [0.15, 0.2) is 0 Å². The molecule has 2 aromatic rings. The molecule has 0 aliphatic heterocycles. The highest BCUT2D eigenvalue weighted by atomic mass is 79.9. The highest BCUT2D eigenvalue weighted by Gasteiger charge is 2.36. The second-order valence-corrected chi connectivity index (χ2v) is 7.52. The van der Waals surface area contributed by atoms with Gasteiger partial charge in [-0.1, -0.05) is 18.2 Å². The first-order chi connectivity index (χ1) is 10.6. The Morgan fingerprint density at radius 2 is 2.00 bits per heavy atom. The molecule has 0 atom stereocenters. The maximum Gasteiger partial charge on any atom is 0.242 e. The van der Waals surface area contributed by atoms with Gasteiger partial charge in [0.2, 0.25) is 5.91 Å². The number of para-hydroxylation sites is 1. The van der Waals surface area contributed by atoms with E-state index in [1.54, 1.807) is 0 Å². The highest BCUT2D eigenvalue weighted by molar-refractivity contribution is 9.10. The average molecular weight is 361 g/mol. The fraction of sp³-hybridized carbons (Fsp3) is 0.500. The van der Waals surface area contributed by atoms with E-state index >= 15 is 0 Å². The van der Waals surface area contributed by atoms with Crippen molar-refractivity contribution in [1.29, 1.82) is 0 Å². The van der Waals surface area contributed by atoms with E-state index in [0.29, 0.717) is 12.6 Å². The second kappa shape index (κ2) is 5.41. The van der Waals surface area contributed by atoms with Gasteiger partial charge in [0.25, 0.3) is 0 Å². The summed E-state index contributed by atoms with van der Waals surface area (Å²) in [6.45, 7) is 3.52. The van der Waals surface area contributed by atoms with Crippen LogP contribution in [-0.4, -0.2) is 28.0 Å². The number of benzene rings is 1. The van der Waals surface area contributed by atoms with Crippen molar-refractivity contribution in [3.8, 4) is 0 Å². The van der Waals surface area contributed by atoms with Gasteiger partial charge in [-0.05, 0) is 60.5 Å². The van der Waals surface area contributed by atoms with Crippen LogP contribution in [0.15, 0.2) is 28.7 Å². The summed E-state index contributed by atoms with van der Waals surface area (Å²) in [7, 11) is 0. The normalized spacial score (nSPS) is 17.9. The lowest BCUT2D eigenvalue weighted by molar-refractivity contribution is -0.132. The van der Waals surface area contributed by atoms with E-state index in [9.17, 15) is 4.79 Å². The zero-order valence-electron chi connectivity index (χ0n) is 12.9. The van der Waals surface area contributed by atoms with Crippen LogP contribution in [-0.2, 0) is 11.3 Å². The first kappa shape index (κ1) is 14.3. The molecule has 0 unspecified atom stereocenters. The largest absolute Gasteiger partial charge is 0.338 e. The molecular formula is C18H21BrN2O. The number of rotatable bonds is 5. The molecule has 22 heavy (non-hydrogen) atoms. The van der Waals surface area contributed by atoms with Gasteiger partial charge in [0, 0.05) is 33.7 Å². The minimum Gasteiger partial charge on any atom is -0.338 e. The molecule has 3 nitrogen and oxygen atoms in total. The molecule has 1 aromatic carbocycles. The number of hydrogen-bond donors (Lipinski definition) is 0. The van der Waals surface area contributed by atoms with Crippen LogP contribution in [0.5, 0.6) is 0 Å². The maximum atomic E-state index is 12.9. The number of hydrogen-bond acceptors (Lipinski definition) is 1. The lowest BCUT2D eigenvalue weighted by Crippen LogP contribution is -2.37. The van der Waals surface area contributed by atoms with E-state index in [4.69, 9.17) is 0 Å². The standard InChI is InChI=1S/C18H21BrN2O/c1-12-18(19)15-4-2-3-5-16(15)20(12)11-17(22)21(14-8-9-14)10-13-6-7-13/h2-5,13-14H,6-11H2,1H3. The number of carbonyl (C=O) groups excluding carboxylic acids is 1. The molecule has 0 N–H and O–H groups in total. The Morgan fingerprint density at radius 3 is 2.68 bits per heavy atom. The minimum absolute atomic E-state index is 0.283. The Morgan fingerprint density at radius 1 is 1.27 bits per heavy atom. The smallest absolute Gasteiger partial charge is 0.242 e. The molecule has 1 amide bonds. The number of nitrogens with zero attached hydrogens (tertiary/aromatic N) is 2. The third-order valence-corrected chi connectivity index (χ3v) is 5.91. The quantitative estimate of drug-likeness (QED) is 0.787. The van der Waals surface area contributed by atoms with Gasteiger partial charge < -0.3 is 9.47 Å². The van der Waals surface area contributed by atoms with E-state index in [0.717, 1.165) is 28.1 Å². The third kappa shape index (κ3) is 2.58. The summed E-state index contributed by atoms with van der Waals surface area (Å²) in [6, 6.07) is 8.80. The van der Waals surface area contributed by atoms with E-state index in [1.165, 1.54) is 31.1 Å². The molecular weight excluding hydrogens is 340 g/mol. The molecule has 2 saturated carbocycles. The van der Waals surface area contributed by atoms with Crippen molar-refractivity contribution in [2.75, 3.05) is 6.54 Å².